The molecule has 2 aromatic heterocycles. The Morgan fingerprint density at radius 1 is 1.14 bits per heavy atom. The van der Waals surface area contributed by atoms with Crippen molar-refractivity contribution in [2.45, 2.75) is 13.5 Å². The van der Waals surface area contributed by atoms with Crippen LogP contribution in [0.3, 0.4) is 0 Å². The highest BCUT2D eigenvalue weighted by atomic mass is 16.5. The number of fused-ring (bicyclic) bond motifs is 1. The molecule has 0 aliphatic heterocycles. The Morgan fingerprint density at radius 3 is 2.76 bits per heavy atom. The van der Waals surface area contributed by atoms with Gasteiger partial charge in [-0.2, -0.15) is 5.26 Å². The number of benzene rings is 2. The third kappa shape index (κ3) is 4.25. The summed E-state index contributed by atoms with van der Waals surface area (Å²) in [4.78, 5) is 16.9. The summed E-state index contributed by atoms with van der Waals surface area (Å²) in [7, 11) is 0. The first-order chi connectivity index (χ1) is 14.1. The molecule has 2 heterocycles. The molecule has 0 saturated carbocycles. The largest absolute Gasteiger partial charge is 0.487 e. The Kier molecular flexibility index (Phi) is 4.95. The summed E-state index contributed by atoms with van der Waals surface area (Å²) in [5.74, 6) is 0.406. The first kappa shape index (κ1) is 18.3. The van der Waals surface area contributed by atoms with Crippen LogP contribution in [0, 0.1) is 18.3 Å². The van der Waals surface area contributed by atoms with Crippen LogP contribution in [0.4, 0.5) is 5.69 Å². The van der Waals surface area contributed by atoms with Crippen molar-refractivity contribution >= 4 is 17.2 Å². The SMILES string of the molecule is Cc1ccc2nc(COc3ccc(C(=O)Nc4cccc(C#N)c4)cc3)cn2c1. The number of carbonyl (C=O) groups excluding carboxylic acids is 1. The van der Waals surface area contributed by atoms with Gasteiger partial charge in [-0.05, 0) is 61.0 Å². The number of rotatable bonds is 5. The molecular formula is C23H18N4O2. The van der Waals surface area contributed by atoms with E-state index in [1.165, 1.54) is 0 Å². The molecule has 0 bridgehead atoms. The maximum Gasteiger partial charge on any atom is 0.255 e. The third-order valence-corrected chi connectivity index (χ3v) is 4.40. The van der Waals surface area contributed by atoms with E-state index in [2.05, 4.69) is 16.4 Å². The summed E-state index contributed by atoms with van der Waals surface area (Å²) in [6.45, 7) is 2.38. The summed E-state index contributed by atoms with van der Waals surface area (Å²) in [6, 6.07) is 19.7. The first-order valence-corrected chi connectivity index (χ1v) is 9.09. The number of aromatic nitrogens is 2. The number of amides is 1. The second-order valence-corrected chi connectivity index (χ2v) is 6.66. The van der Waals surface area contributed by atoms with E-state index in [9.17, 15) is 4.79 Å². The van der Waals surface area contributed by atoms with E-state index < -0.39 is 0 Å². The molecule has 0 aliphatic carbocycles. The maximum absolute atomic E-state index is 12.4. The first-order valence-electron chi connectivity index (χ1n) is 9.09. The van der Waals surface area contributed by atoms with Gasteiger partial charge in [0.05, 0.1) is 17.3 Å². The molecule has 0 aliphatic rings. The number of carbonyl (C=O) groups is 1. The number of hydrogen-bond acceptors (Lipinski definition) is 4. The van der Waals surface area contributed by atoms with E-state index in [4.69, 9.17) is 10.00 Å². The van der Waals surface area contributed by atoms with E-state index in [1.807, 2.05) is 35.9 Å². The van der Waals surface area contributed by atoms with E-state index in [-0.39, 0.29) is 5.91 Å². The average Bonchev–Trinajstić information content (AvgIpc) is 3.14. The van der Waals surface area contributed by atoms with Gasteiger partial charge in [-0.25, -0.2) is 4.98 Å². The van der Waals surface area contributed by atoms with Crippen LogP contribution in [0.25, 0.3) is 5.65 Å². The molecule has 0 atom stereocenters. The summed E-state index contributed by atoms with van der Waals surface area (Å²) in [5.41, 5.74) is 4.44. The number of nitriles is 1. The summed E-state index contributed by atoms with van der Waals surface area (Å²) in [5, 5.41) is 11.7. The lowest BCUT2D eigenvalue weighted by molar-refractivity contribution is 0.102. The molecule has 0 unspecified atom stereocenters. The van der Waals surface area contributed by atoms with Crippen molar-refractivity contribution in [2.75, 3.05) is 5.32 Å². The van der Waals surface area contributed by atoms with Gasteiger partial charge in [0.1, 0.15) is 18.0 Å². The number of hydrogen-bond donors (Lipinski definition) is 1. The summed E-state index contributed by atoms with van der Waals surface area (Å²) in [6.07, 6.45) is 3.96. The molecule has 6 heteroatoms. The van der Waals surface area contributed by atoms with Crippen LogP contribution in [-0.4, -0.2) is 15.3 Å². The number of imidazole rings is 1. The molecule has 6 nitrogen and oxygen atoms in total. The van der Waals surface area contributed by atoms with Crippen LogP contribution in [0.2, 0.25) is 0 Å². The van der Waals surface area contributed by atoms with Gasteiger partial charge in [0.25, 0.3) is 5.91 Å². The van der Waals surface area contributed by atoms with E-state index in [0.717, 1.165) is 16.9 Å². The molecule has 0 spiro atoms. The van der Waals surface area contributed by atoms with Gasteiger partial charge in [-0.3, -0.25) is 4.79 Å². The topological polar surface area (TPSA) is 79.4 Å². The number of nitrogens with one attached hydrogen (secondary N) is 1. The minimum absolute atomic E-state index is 0.248. The predicted molar refractivity (Wildman–Crippen MR) is 110 cm³/mol. The van der Waals surface area contributed by atoms with E-state index in [0.29, 0.717) is 29.2 Å². The van der Waals surface area contributed by atoms with Crippen molar-refractivity contribution in [1.82, 2.24) is 9.38 Å². The van der Waals surface area contributed by atoms with Gasteiger partial charge < -0.3 is 14.5 Å². The average molecular weight is 382 g/mol. The standard InChI is InChI=1S/C23H18N4O2/c1-16-5-10-22-25-20(14-27(22)13-16)15-29-21-8-6-18(7-9-21)23(28)26-19-4-2-3-17(11-19)12-24/h2-11,13-14H,15H2,1H3,(H,26,28). The van der Waals surface area contributed by atoms with E-state index in [1.54, 1.807) is 48.5 Å². The zero-order valence-corrected chi connectivity index (χ0v) is 15.8. The number of ether oxygens (including phenoxy) is 1. The van der Waals surface area contributed by atoms with Crippen LogP contribution in [0.5, 0.6) is 5.75 Å². The number of anilines is 1. The van der Waals surface area contributed by atoms with Crippen LogP contribution in [-0.2, 0) is 6.61 Å². The van der Waals surface area contributed by atoms with Gasteiger partial charge in [-0.1, -0.05) is 12.1 Å². The van der Waals surface area contributed by atoms with Crippen molar-refractivity contribution in [3.05, 3.63) is 95.4 Å². The Balaban J connectivity index is 1.39. The molecule has 2 aromatic carbocycles. The fraction of sp³-hybridized carbons (Fsp3) is 0.0870. The Morgan fingerprint density at radius 2 is 1.97 bits per heavy atom. The van der Waals surface area contributed by atoms with Gasteiger partial charge in [0.15, 0.2) is 0 Å². The molecular weight excluding hydrogens is 364 g/mol. The molecule has 142 valence electrons. The highest BCUT2D eigenvalue weighted by Crippen LogP contribution is 2.17. The Hall–Kier alpha value is -4.11. The number of aryl methyl sites for hydroxylation is 1. The number of nitrogens with zero attached hydrogens (tertiary/aromatic N) is 3. The predicted octanol–water partition coefficient (Wildman–Crippen LogP) is 4.35. The van der Waals surface area contributed by atoms with Gasteiger partial charge in [-0.15, -0.1) is 0 Å². The minimum Gasteiger partial charge on any atom is -0.487 e. The summed E-state index contributed by atoms with van der Waals surface area (Å²) >= 11 is 0. The third-order valence-electron chi connectivity index (χ3n) is 4.40. The van der Waals surface area contributed by atoms with Gasteiger partial charge in [0, 0.05) is 23.6 Å². The van der Waals surface area contributed by atoms with Crippen molar-refractivity contribution < 1.29 is 9.53 Å². The summed E-state index contributed by atoms with van der Waals surface area (Å²) < 4.78 is 7.77. The van der Waals surface area contributed by atoms with Gasteiger partial charge >= 0.3 is 0 Å². The van der Waals surface area contributed by atoms with E-state index >= 15 is 0 Å². The minimum atomic E-state index is -0.248. The fourth-order valence-corrected chi connectivity index (χ4v) is 2.95. The highest BCUT2D eigenvalue weighted by molar-refractivity contribution is 6.04. The quantitative estimate of drug-likeness (QED) is 0.557. The molecule has 4 aromatic rings. The zero-order valence-electron chi connectivity index (χ0n) is 15.8. The van der Waals surface area contributed by atoms with Crippen molar-refractivity contribution in [3.63, 3.8) is 0 Å². The Labute approximate surface area is 168 Å². The molecule has 0 saturated heterocycles. The lowest BCUT2D eigenvalue weighted by atomic mass is 10.2. The molecule has 0 fully saturated rings. The van der Waals surface area contributed by atoms with Crippen LogP contribution in [0.15, 0.2) is 73.1 Å². The van der Waals surface area contributed by atoms with Crippen LogP contribution >= 0.6 is 0 Å². The molecule has 0 radical (unpaired) electrons. The van der Waals surface area contributed by atoms with Crippen LogP contribution in [0.1, 0.15) is 27.2 Å². The zero-order chi connectivity index (χ0) is 20.2. The molecule has 29 heavy (non-hydrogen) atoms. The van der Waals surface area contributed by atoms with Crippen molar-refractivity contribution in [2.24, 2.45) is 0 Å². The second kappa shape index (κ2) is 7.87. The second-order valence-electron chi connectivity index (χ2n) is 6.66. The lowest BCUT2D eigenvalue weighted by Crippen LogP contribution is -2.11. The molecule has 4 rings (SSSR count). The lowest BCUT2D eigenvalue weighted by Gasteiger charge is -2.07. The normalized spacial score (nSPS) is 10.5. The molecule has 1 N–H and O–H groups in total. The fourth-order valence-electron chi connectivity index (χ4n) is 2.95. The number of pyridine rings is 1. The smallest absolute Gasteiger partial charge is 0.255 e. The molecule has 1 amide bonds. The highest BCUT2D eigenvalue weighted by Gasteiger charge is 2.08. The van der Waals surface area contributed by atoms with Gasteiger partial charge in [0.2, 0.25) is 0 Å². The van der Waals surface area contributed by atoms with Crippen LogP contribution < -0.4 is 10.1 Å². The van der Waals surface area contributed by atoms with Crippen molar-refractivity contribution in [3.8, 4) is 11.8 Å². The monoisotopic (exact) mass is 382 g/mol. The van der Waals surface area contributed by atoms with Crippen molar-refractivity contribution in [1.29, 1.82) is 5.26 Å². The maximum atomic E-state index is 12.4. The Bertz CT molecular complexity index is 1220.